The Labute approximate surface area is 137 Å². The van der Waals surface area contributed by atoms with E-state index < -0.39 is 11.9 Å². The fourth-order valence-corrected chi connectivity index (χ4v) is 2.23. The molecule has 0 radical (unpaired) electrons. The zero-order valence-electron chi connectivity index (χ0n) is 12.8. The lowest BCUT2D eigenvalue weighted by molar-refractivity contribution is -0.134. The van der Waals surface area contributed by atoms with Gasteiger partial charge in [0.05, 0.1) is 17.7 Å². The van der Waals surface area contributed by atoms with Gasteiger partial charge in [-0.1, -0.05) is 0 Å². The first-order valence-corrected chi connectivity index (χ1v) is 7.30. The summed E-state index contributed by atoms with van der Waals surface area (Å²) in [6.07, 6.45) is 1.30. The number of halogens is 1. The van der Waals surface area contributed by atoms with Gasteiger partial charge in [0.1, 0.15) is 5.70 Å². The van der Waals surface area contributed by atoms with E-state index in [-0.39, 0.29) is 11.8 Å². The molecule has 0 fully saturated rings. The first-order valence-electron chi connectivity index (χ1n) is 6.51. The topological polar surface area (TPSA) is 84.9 Å². The molecule has 1 aromatic carbocycles. The van der Waals surface area contributed by atoms with Crippen molar-refractivity contribution in [2.75, 3.05) is 7.11 Å². The van der Waals surface area contributed by atoms with Crippen molar-refractivity contribution in [1.29, 1.82) is 0 Å². The van der Waals surface area contributed by atoms with Crippen LogP contribution in [0.5, 0.6) is 11.5 Å². The normalized spacial score (nSPS) is 11.3. The van der Waals surface area contributed by atoms with Gasteiger partial charge in [0, 0.05) is 6.92 Å². The Bertz CT molecular complexity index is 610. The third-order valence-corrected chi connectivity index (χ3v) is 3.05. The fourth-order valence-electron chi connectivity index (χ4n) is 1.68. The molecule has 1 aromatic rings. The SMILES string of the molecule is COc1cc(/C=C(/NC(C)=O)C(=O)O)cc(Br)c1OC(C)C. The van der Waals surface area contributed by atoms with Crippen LogP contribution >= 0.6 is 15.9 Å². The molecule has 1 rings (SSSR count). The van der Waals surface area contributed by atoms with E-state index in [1.807, 2.05) is 13.8 Å². The minimum atomic E-state index is -1.23. The van der Waals surface area contributed by atoms with Crippen molar-refractivity contribution in [3.63, 3.8) is 0 Å². The number of carbonyl (C=O) groups is 2. The summed E-state index contributed by atoms with van der Waals surface area (Å²) in [6, 6.07) is 3.32. The number of benzene rings is 1. The van der Waals surface area contributed by atoms with Gasteiger partial charge in [-0.05, 0) is 53.5 Å². The van der Waals surface area contributed by atoms with Crippen molar-refractivity contribution >= 4 is 33.9 Å². The van der Waals surface area contributed by atoms with Crippen LogP contribution in [-0.4, -0.2) is 30.2 Å². The van der Waals surface area contributed by atoms with E-state index in [9.17, 15) is 9.59 Å². The molecule has 0 aliphatic rings. The number of amides is 1. The summed E-state index contributed by atoms with van der Waals surface area (Å²) in [5, 5.41) is 11.4. The van der Waals surface area contributed by atoms with Gasteiger partial charge in [0.15, 0.2) is 11.5 Å². The second-order valence-corrected chi connectivity index (χ2v) is 5.60. The summed E-state index contributed by atoms with van der Waals surface area (Å²) >= 11 is 3.38. The van der Waals surface area contributed by atoms with Crippen LogP contribution in [0.1, 0.15) is 26.3 Å². The van der Waals surface area contributed by atoms with Crippen LogP contribution in [-0.2, 0) is 9.59 Å². The number of rotatable bonds is 6. The van der Waals surface area contributed by atoms with E-state index in [2.05, 4.69) is 21.2 Å². The summed E-state index contributed by atoms with van der Waals surface area (Å²) in [7, 11) is 1.49. The zero-order chi connectivity index (χ0) is 16.9. The number of aliphatic carboxylic acids is 1. The summed E-state index contributed by atoms with van der Waals surface area (Å²) in [6.45, 7) is 5.02. The average molecular weight is 372 g/mol. The number of ether oxygens (including phenoxy) is 2. The smallest absolute Gasteiger partial charge is 0.352 e. The molecule has 0 spiro atoms. The first kappa shape index (κ1) is 18.0. The fraction of sp³-hybridized carbons (Fsp3) is 0.333. The molecule has 6 nitrogen and oxygen atoms in total. The molecule has 2 N–H and O–H groups in total. The number of carbonyl (C=O) groups excluding carboxylic acids is 1. The number of hydrogen-bond donors (Lipinski definition) is 2. The van der Waals surface area contributed by atoms with Gasteiger partial charge in [-0.15, -0.1) is 0 Å². The quantitative estimate of drug-likeness (QED) is 0.751. The maximum absolute atomic E-state index is 11.1. The highest BCUT2D eigenvalue weighted by molar-refractivity contribution is 9.10. The van der Waals surface area contributed by atoms with Crippen LogP contribution in [0.4, 0.5) is 0 Å². The van der Waals surface area contributed by atoms with E-state index in [1.54, 1.807) is 12.1 Å². The second kappa shape index (κ2) is 7.84. The lowest BCUT2D eigenvalue weighted by atomic mass is 10.1. The predicted molar refractivity (Wildman–Crippen MR) is 85.9 cm³/mol. The van der Waals surface area contributed by atoms with Crippen molar-refractivity contribution in [3.05, 3.63) is 27.9 Å². The molecular formula is C15H18BrNO5. The molecule has 120 valence electrons. The third-order valence-electron chi connectivity index (χ3n) is 2.46. The Morgan fingerprint density at radius 3 is 2.45 bits per heavy atom. The number of carboxylic acids is 1. The average Bonchev–Trinajstić information content (AvgIpc) is 2.39. The second-order valence-electron chi connectivity index (χ2n) is 4.75. The molecule has 0 bridgehead atoms. The van der Waals surface area contributed by atoms with E-state index in [1.165, 1.54) is 20.1 Å². The van der Waals surface area contributed by atoms with Gasteiger partial charge in [-0.3, -0.25) is 4.79 Å². The summed E-state index contributed by atoms with van der Waals surface area (Å²) in [4.78, 5) is 22.2. The Morgan fingerprint density at radius 2 is 2.00 bits per heavy atom. The number of methoxy groups -OCH3 is 1. The van der Waals surface area contributed by atoms with E-state index in [4.69, 9.17) is 14.6 Å². The molecule has 0 atom stereocenters. The highest BCUT2D eigenvalue weighted by Crippen LogP contribution is 2.37. The van der Waals surface area contributed by atoms with Crippen molar-refractivity contribution in [1.82, 2.24) is 5.32 Å². The van der Waals surface area contributed by atoms with Gasteiger partial charge in [0.2, 0.25) is 5.91 Å². The Balaban J connectivity index is 3.28. The van der Waals surface area contributed by atoms with Crippen LogP contribution in [0.3, 0.4) is 0 Å². The van der Waals surface area contributed by atoms with Gasteiger partial charge in [0.25, 0.3) is 0 Å². The van der Waals surface area contributed by atoms with Crippen LogP contribution < -0.4 is 14.8 Å². The number of nitrogens with one attached hydrogen (secondary N) is 1. The molecule has 1 amide bonds. The molecule has 0 heterocycles. The minimum Gasteiger partial charge on any atom is -0.493 e. The molecule has 0 unspecified atom stereocenters. The van der Waals surface area contributed by atoms with Crippen molar-refractivity contribution < 1.29 is 24.2 Å². The van der Waals surface area contributed by atoms with Crippen molar-refractivity contribution in [2.45, 2.75) is 26.9 Å². The molecular weight excluding hydrogens is 354 g/mol. The van der Waals surface area contributed by atoms with Gasteiger partial charge in [-0.25, -0.2) is 4.79 Å². The first-order chi connectivity index (χ1) is 10.2. The lowest BCUT2D eigenvalue weighted by Crippen LogP contribution is -2.24. The minimum absolute atomic E-state index is 0.0412. The van der Waals surface area contributed by atoms with Crippen LogP contribution in [0.15, 0.2) is 22.3 Å². The largest absolute Gasteiger partial charge is 0.493 e. The summed E-state index contributed by atoms with van der Waals surface area (Å²) in [5.41, 5.74) is 0.324. The van der Waals surface area contributed by atoms with Gasteiger partial charge in [-0.2, -0.15) is 0 Å². The van der Waals surface area contributed by atoms with Gasteiger partial charge >= 0.3 is 5.97 Å². The number of hydrogen-bond acceptors (Lipinski definition) is 4. The van der Waals surface area contributed by atoms with E-state index in [0.717, 1.165) is 0 Å². The highest BCUT2D eigenvalue weighted by atomic mass is 79.9. The van der Waals surface area contributed by atoms with Crippen molar-refractivity contribution in [2.24, 2.45) is 0 Å². The van der Waals surface area contributed by atoms with Crippen LogP contribution in [0.2, 0.25) is 0 Å². The predicted octanol–water partition coefficient (Wildman–Crippen LogP) is 2.81. The molecule has 0 saturated carbocycles. The lowest BCUT2D eigenvalue weighted by Gasteiger charge is -2.16. The van der Waals surface area contributed by atoms with Crippen LogP contribution in [0.25, 0.3) is 6.08 Å². The molecule has 0 saturated heterocycles. The van der Waals surface area contributed by atoms with Gasteiger partial charge < -0.3 is 19.9 Å². The Morgan fingerprint density at radius 1 is 1.36 bits per heavy atom. The number of carboxylic acid groups (broad SMARTS) is 1. The standard InChI is InChI=1S/C15H18BrNO5/c1-8(2)22-14-11(16)5-10(7-13(14)21-4)6-12(15(19)20)17-9(3)18/h5-8H,1-4H3,(H,17,18)(H,19,20)/b12-6+. The molecule has 0 aliphatic heterocycles. The summed E-state index contributed by atoms with van der Waals surface area (Å²) < 4.78 is 11.6. The third kappa shape index (κ3) is 5.07. The molecule has 0 aliphatic carbocycles. The van der Waals surface area contributed by atoms with E-state index >= 15 is 0 Å². The highest BCUT2D eigenvalue weighted by Gasteiger charge is 2.14. The molecule has 7 heteroatoms. The van der Waals surface area contributed by atoms with Crippen LogP contribution in [0, 0.1) is 0 Å². The maximum Gasteiger partial charge on any atom is 0.352 e. The zero-order valence-corrected chi connectivity index (χ0v) is 14.4. The molecule has 22 heavy (non-hydrogen) atoms. The maximum atomic E-state index is 11.1. The molecule has 0 aromatic heterocycles. The summed E-state index contributed by atoms with van der Waals surface area (Å²) in [5.74, 6) is -0.694. The Kier molecular flexibility index (Phi) is 6.42. The monoisotopic (exact) mass is 371 g/mol. The Hall–Kier alpha value is -2.02. The van der Waals surface area contributed by atoms with Crippen molar-refractivity contribution in [3.8, 4) is 11.5 Å². The van der Waals surface area contributed by atoms with E-state index in [0.29, 0.717) is 21.5 Å².